The second-order valence-corrected chi connectivity index (χ2v) is 19.6. The van der Waals surface area contributed by atoms with E-state index in [9.17, 15) is 41.9 Å². The molecule has 6 amide bonds. The van der Waals surface area contributed by atoms with Crippen LogP contribution in [0.4, 0.5) is 18.0 Å². The van der Waals surface area contributed by atoms with Gasteiger partial charge in [-0.3, -0.25) is 29.0 Å². The van der Waals surface area contributed by atoms with E-state index < -0.39 is 30.1 Å². The molecule has 4 aromatic rings. The molecule has 3 aliphatic rings. The summed E-state index contributed by atoms with van der Waals surface area (Å²) in [5.41, 5.74) is 4.97. The zero-order valence-corrected chi connectivity index (χ0v) is 52.4. The number of nitrogens with zero attached hydrogens (tertiary/aromatic N) is 7. The summed E-state index contributed by atoms with van der Waals surface area (Å²) in [7, 11) is 6.20. The van der Waals surface area contributed by atoms with E-state index in [1.807, 2.05) is 76.3 Å². The summed E-state index contributed by atoms with van der Waals surface area (Å²) in [4.78, 5) is 79.8. The number of ketones is 1. The maximum absolute atomic E-state index is 13.9. The first kappa shape index (κ1) is 75.3. The van der Waals surface area contributed by atoms with Crippen molar-refractivity contribution in [1.82, 2.24) is 45.4 Å². The van der Waals surface area contributed by atoms with Crippen molar-refractivity contribution in [2.24, 2.45) is 0 Å². The van der Waals surface area contributed by atoms with Crippen molar-refractivity contribution < 1.29 is 56.5 Å². The lowest BCUT2D eigenvalue weighted by atomic mass is 9.99. The zero-order valence-electron chi connectivity index (χ0n) is 52.4. The first-order valence-corrected chi connectivity index (χ1v) is 29.2. The number of rotatable bonds is 23. The highest BCUT2D eigenvalue weighted by Crippen LogP contribution is 2.34. The number of urea groups is 1. The lowest BCUT2D eigenvalue weighted by Gasteiger charge is -2.54. The molecule has 0 bridgehead atoms. The van der Waals surface area contributed by atoms with E-state index in [0.29, 0.717) is 51.2 Å². The van der Waals surface area contributed by atoms with Gasteiger partial charge in [0.25, 0.3) is 0 Å². The monoisotopic (exact) mass is 1210 g/mol. The van der Waals surface area contributed by atoms with Crippen LogP contribution in [0, 0.1) is 11.6 Å². The topological polar surface area (TPSA) is 188 Å². The Bertz CT molecular complexity index is 2790. The smallest absolute Gasteiger partial charge is 0.334 e. The van der Waals surface area contributed by atoms with Crippen LogP contribution in [-0.4, -0.2) is 169 Å². The van der Waals surface area contributed by atoms with Crippen molar-refractivity contribution in [3.05, 3.63) is 191 Å². The van der Waals surface area contributed by atoms with Crippen molar-refractivity contribution in [2.75, 3.05) is 80.9 Å². The molecule has 4 aromatic carbocycles. The molecular formula is C66H92F3N9O9. The summed E-state index contributed by atoms with van der Waals surface area (Å²) in [6.45, 7) is 18.5. The Kier molecular flexibility index (Phi) is 37.2. The zero-order chi connectivity index (χ0) is 64.7. The maximum atomic E-state index is 13.9. The number of benzene rings is 4. The van der Waals surface area contributed by atoms with E-state index >= 15 is 0 Å². The number of carbonyl (C=O) groups excluding carboxylic acids is 6. The number of hydrogen-bond donors (Lipinski definition) is 3. The van der Waals surface area contributed by atoms with Crippen molar-refractivity contribution in [3.63, 3.8) is 0 Å². The van der Waals surface area contributed by atoms with Gasteiger partial charge in [-0.25, -0.2) is 33.0 Å². The molecule has 3 atom stereocenters. The second kappa shape index (κ2) is 42.9. The van der Waals surface area contributed by atoms with Crippen LogP contribution in [0.5, 0.6) is 0 Å². The molecule has 0 aliphatic carbocycles. The number of aliphatic hydroxyl groups is 1. The molecule has 0 aromatic heterocycles. The summed E-state index contributed by atoms with van der Waals surface area (Å²) in [6.07, 6.45) is 12.2. The van der Waals surface area contributed by atoms with Gasteiger partial charge in [0.05, 0.1) is 45.5 Å². The first-order chi connectivity index (χ1) is 42.0. The van der Waals surface area contributed by atoms with Gasteiger partial charge in [-0.1, -0.05) is 131 Å². The number of aliphatic hydroxyl groups excluding tert-OH is 1. The molecule has 87 heavy (non-hydrogen) atoms. The Hall–Kier alpha value is -7.79. The number of allylic oxidation sites excluding steroid dienone is 6. The number of piperazine rings is 1. The Balaban J connectivity index is 0.000000475. The molecule has 3 fully saturated rings. The molecule has 3 heterocycles. The van der Waals surface area contributed by atoms with E-state index in [2.05, 4.69) is 36.3 Å². The summed E-state index contributed by atoms with van der Waals surface area (Å²) >= 11 is 0. The number of hydrazine groups is 2. The fraction of sp³-hybridized carbons (Fsp3) is 0.424. The molecule has 0 spiro atoms. The predicted octanol–water partition coefficient (Wildman–Crippen LogP) is 9.31. The van der Waals surface area contributed by atoms with Crippen LogP contribution in [0.25, 0.3) is 0 Å². The third-order valence-corrected chi connectivity index (χ3v) is 13.2. The Morgan fingerprint density at radius 1 is 0.816 bits per heavy atom. The Morgan fingerprint density at radius 2 is 1.45 bits per heavy atom. The molecule has 2 unspecified atom stereocenters. The van der Waals surface area contributed by atoms with Crippen molar-refractivity contribution in [1.29, 1.82) is 0 Å². The van der Waals surface area contributed by atoms with Crippen LogP contribution in [0.1, 0.15) is 94.7 Å². The third-order valence-electron chi connectivity index (χ3n) is 13.2. The van der Waals surface area contributed by atoms with Gasteiger partial charge < -0.3 is 39.9 Å². The van der Waals surface area contributed by atoms with Crippen LogP contribution >= 0.6 is 0 Å². The Labute approximate surface area is 513 Å². The van der Waals surface area contributed by atoms with Gasteiger partial charge in [-0.15, -0.1) is 6.58 Å². The van der Waals surface area contributed by atoms with E-state index in [4.69, 9.17) is 14.6 Å². The van der Waals surface area contributed by atoms with Crippen molar-refractivity contribution in [3.8, 4) is 0 Å². The average molecular weight is 1210 g/mol. The third kappa shape index (κ3) is 26.0. The lowest BCUT2D eigenvalue weighted by molar-refractivity contribution is -0.188. The fourth-order valence-electron chi connectivity index (χ4n) is 9.06. The average Bonchev–Trinajstić information content (AvgIpc) is 0.849. The van der Waals surface area contributed by atoms with Crippen LogP contribution in [0.2, 0.25) is 0 Å². The van der Waals surface area contributed by atoms with E-state index in [1.54, 1.807) is 67.4 Å². The second-order valence-electron chi connectivity index (χ2n) is 19.6. The number of likely N-dealkylation sites (N-methyl/N-ethyl adjacent to an activating group) is 2. The fourth-order valence-corrected chi connectivity index (χ4v) is 9.06. The molecule has 3 aliphatic heterocycles. The maximum Gasteiger partial charge on any atom is 0.334 e. The lowest BCUT2D eigenvalue weighted by Crippen LogP contribution is -2.74. The summed E-state index contributed by atoms with van der Waals surface area (Å²) < 4.78 is 49.7. The SMILES string of the molecule is C=CCCC(C(C)=O)N1CN(C=O)N(C)CC1=O.CC.CCCOCc1cccc(F)c1.CNCc1ccc(F)cc1.CO.C\C=C/C(F)=C\C=C\CNC(=O)N1C2CN(CCOCc3cccc(CC)c3)C(=O)[C@H](c3ccccc3)N2C(=O)CN1C. The van der Waals surface area contributed by atoms with Crippen LogP contribution < -0.4 is 10.6 Å². The van der Waals surface area contributed by atoms with Gasteiger partial charge in [0.2, 0.25) is 24.1 Å². The molecule has 3 saturated heterocycles. The quantitative estimate of drug-likeness (QED) is 0.0277. The van der Waals surface area contributed by atoms with Gasteiger partial charge in [0.1, 0.15) is 36.3 Å². The van der Waals surface area contributed by atoms with Gasteiger partial charge >= 0.3 is 6.03 Å². The van der Waals surface area contributed by atoms with Gasteiger partial charge in [-0.2, -0.15) is 0 Å². The number of aryl methyl sites for hydroxylation is 1. The minimum absolute atomic E-state index is 0.0619. The number of carbonyl (C=O) groups is 6. The van der Waals surface area contributed by atoms with Crippen molar-refractivity contribution >= 4 is 35.9 Å². The minimum atomic E-state index is -0.877. The van der Waals surface area contributed by atoms with E-state index in [0.717, 1.165) is 49.8 Å². The standard InChI is InChI=1S/C33H40FN5O4.C12H19N3O3.C10H13FO.C8H10FN.C2H6.CH4O/c1-4-12-28(34)17-9-10-18-35-33(42)39-29-22-37(19-20-43-24-26-14-11-13-25(5-2)21-26)32(41)31(27-15-7-6-8-16-27)38(29)30(40)23-36(39)3;1-4-5-6-11(10(2)17)15-8-14(9-16)13(3)7-12(15)18;1-2-6-12-8-9-4-3-5-10(11)7-9;1-10-6-7-2-4-8(9)5-3-7;2*1-2/h4,6-17,21,29,31H,5,18-20,22-24H2,1-3H3,(H,35,42);4,9,11H,1,5-8H2,2-3H3;3-5,7H,2,6,8H2,1H3;2-5,10H,6H2,1H3;1-2H3;2H,1H3/b10-9+,12-4-,28-17+;;;;;/t29?,31-;;;;;/m0...../s1. The molecule has 7 rings (SSSR count). The highest BCUT2D eigenvalue weighted by Gasteiger charge is 2.51. The van der Waals surface area contributed by atoms with E-state index in [1.165, 1.54) is 79.8 Å². The Morgan fingerprint density at radius 3 is 2.05 bits per heavy atom. The van der Waals surface area contributed by atoms with Crippen LogP contribution in [0.3, 0.4) is 0 Å². The molecule has 3 N–H and O–H groups in total. The first-order valence-electron chi connectivity index (χ1n) is 29.2. The van der Waals surface area contributed by atoms with Gasteiger partial charge in [0.15, 0.2) is 5.78 Å². The van der Waals surface area contributed by atoms with Crippen molar-refractivity contribution in [2.45, 2.75) is 105 Å². The van der Waals surface area contributed by atoms with Crippen LogP contribution in [-0.2, 0) is 59.6 Å². The van der Waals surface area contributed by atoms with Crippen LogP contribution in [0.15, 0.2) is 152 Å². The molecule has 21 heteroatoms. The largest absolute Gasteiger partial charge is 0.400 e. The van der Waals surface area contributed by atoms with Gasteiger partial charge in [-0.05, 0) is 111 Å². The number of hydrogen-bond acceptors (Lipinski definition) is 12. The number of amides is 6. The predicted molar refractivity (Wildman–Crippen MR) is 334 cm³/mol. The summed E-state index contributed by atoms with van der Waals surface area (Å²) in [5.74, 6) is -1.44. The minimum Gasteiger partial charge on any atom is -0.400 e. The number of ether oxygens (including phenoxy) is 2. The molecule has 476 valence electrons. The molecule has 18 nitrogen and oxygen atoms in total. The van der Waals surface area contributed by atoms with E-state index in [-0.39, 0.29) is 68.0 Å². The van der Waals surface area contributed by atoms with Gasteiger partial charge in [0, 0.05) is 47.4 Å². The number of halogens is 3. The summed E-state index contributed by atoms with van der Waals surface area (Å²) in [5, 5.41) is 18.8. The number of nitrogens with one attached hydrogen (secondary N) is 2. The highest BCUT2D eigenvalue weighted by molar-refractivity contribution is 5.92. The molecule has 0 radical (unpaired) electrons. The number of fused-ring (bicyclic) bond motifs is 1. The number of Topliss-reactive ketones (excluding diaryl/α,β-unsaturated/α-hetero) is 1. The summed E-state index contributed by atoms with van der Waals surface area (Å²) in [6, 6.07) is 28.5. The highest BCUT2D eigenvalue weighted by atomic mass is 19.1. The molecule has 0 saturated carbocycles. The normalized spacial score (nSPS) is 16.4. The molecular weight excluding hydrogens is 1120 g/mol.